The summed E-state index contributed by atoms with van der Waals surface area (Å²) in [5.74, 6) is 0.677. The number of aryl methyl sites for hydroxylation is 1. The Hall–Kier alpha value is -2.33. The van der Waals surface area contributed by atoms with Crippen LogP contribution < -0.4 is 15.8 Å². The van der Waals surface area contributed by atoms with Gasteiger partial charge in [0, 0.05) is 6.54 Å². The maximum atomic E-state index is 11.4. The smallest absolute Gasteiger partial charge is 0.252 e. The molecule has 0 atom stereocenters. The highest BCUT2D eigenvalue weighted by Gasteiger charge is 2.10. The molecule has 0 saturated heterocycles. The van der Waals surface area contributed by atoms with Gasteiger partial charge in [0.15, 0.2) is 0 Å². The molecule has 0 bridgehead atoms. The first kappa shape index (κ1) is 14.1. The average Bonchev–Trinajstić information content (AvgIpc) is 2.39. The molecule has 104 valence electrons. The van der Waals surface area contributed by atoms with Gasteiger partial charge in [0.2, 0.25) is 0 Å². The van der Waals surface area contributed by atoms with Crippen LogP contribution in [0.5, 0.6) is 11.5 Å². The Morgan fingerprint density at radius 2 is 2.05 bits per heavy atom. The molecule has 2 aromatic carbocycles. The SMILES string of the molecule is CNCc1cccc(Oc2cc(C)ccc2C(N)=O)c1. The zero-order valence-electron chi connectivity index (χ0n) is 11.6. The minimum atomic E-state index is -0.494. The Labute approximate surface area is 118 Å². The van der Waals surface area contributed by atoms with Crippen molar-refractivity contribution in [2.24, 2.45) is 5.73 Å². The molecule has 2 aromatic rings. The molecule has 0 saturated carbocycles. The van der Waals surface area contributed by atoms with Crippen LogP contribution >= 0.6 is 0 Å². The van der Waals surface area contributed by atoms with Crippen LogP contribution in [0.25, 0.3) is 0 Å². The van der Waals surface area contributed by atoms with Crippen molar-refractivity contribution >= 4 is 5.91 Å². The Morgan fingerprint density at radius 3 is 2.75 bits per heavy atom. The van der Waals surface area contributed by atoms with E-state index in [2.05, 4.69) is 5.32 Å². The van der Waals surface area contributed by atoms with Gasteiger partial charge in [-0.2, -0.15) is 0 Å². The number of carbonyl (C=O) groups excluding carboxylic acids is 1. The van der Waals surface area contributed by atoms with Gasteiger partial charge in [-0.05, 0) is 49.4 Å². The predicted molar refractivity (Wildman–Crippen MR) is 79.0 cm³/mol. The lowest BCUT2D eigenvalue weighted by Crippen LogP contribution is -2.12. The van der Waals surface area contributed by atoms with E-state index in [1.54, 1.807) is 6.07 Å². The summed E-state index contributed by atoms with van der Waals surface area (Å²) in [5.41, 5.74) is 7.87. The number of nitrogens with two attached hydrogens (primary N) is 1. The van der Waals surface area contributed by atoms with Gasteiger partial charge < -0.3 is 15.8 Å². The number of benzene rings is 2. The highest BCUT2D eigenvalue weighted by atomic mass is 16.5. The molecule has 0 aliphatic carbocycles. The predicted octanol–water partition coefficient (Wildman–Crippen LogP) is 2.61. The molecule has 4 nitrogen and oxygen atoms in total. The molecule has 4 heteroatoms. The summed E-state index contributed by atoms with van der Waals surface area (Å²) < 4.78 is 5.81. The summed E-state index contributed by atoms with van der Waals surface area (Å²) in [6, 6.07) is 13.0. The zero-order chi connectivity index (χ0) is 14.5. The van der Waals surface area contributed by atoms with Crippen molar-refractivity contribution in [3.05, 3.63) is 59.2 Å². The van der Waals surface area contributed by atoms with Crippen LogP contribution in [0.1, 0.15) is 21.5 Å². The van der Waals surface area contributed by atoms with Crippen LogP contribution in [0.15, 0.2) is 42.5 Å². The van der Waals surface area contributed by atoms with Gasteiger partial charge in [0.05, 0.1) is 5.56 Å². The van der Waals surface area contributed by atoms with Crippen LogP contribution in [-0.4, -0.2) is 13.0 Å². The number of amides is 1. The minimum absolute atomic E-state index is 0.384. The molecule has 0 heterocycles. The number of rotatable bonds is 5. The van der Waals surface area contributed by atoms with Crippen molar-refractivity contribution in [1.29, 1.82) is 0 Å². The zero-order valence-corrected chi connectivity index (χ0v) is 11.6. The Kier molecular flexibility index (Phi) is 4.38. The molecule has 20 heavy (non-hydrogen) atoms. The van der Waals surface area contributed by atoms with Crippen molar-refractivity contribution < 1.29 is 9.53 Å². The second-order valence-corrected chi connectivity index (χ2v) is 4.64. The third-order valence-corrected chi connectivity index (χ3v) is 2.91. The lowest BCUT2D eigenvalue weighted by atomic mass is 10.1. The van der Waals surface area contributed by atoms with Gasteiger partial charge in [-0.15, -0.1) is 0 Å². The Balaban J connectivity index is 2.31. The number of primary amides is 1. The first-order chi connectivity index (χ1) is 9.60. The first-order valence-corrected chi connectivity index (χ1v) is 6.42. The van der Waals surface area contributed by atoms with Crippen molar-refractivity contribution in [2.45, 2.75) is 13.5 Å². The summed E-state index contributed by atoms with van der Waals surface area (Å²) in [7, 11) is 1.89. The highest BCUT2D eigenvalue weighted by Crippen LogP contribution is 2.27. The van der Waals surface area contributed by atoms with E-state index in [9.17, 15) is 4.79 Å². The van der Waals surface area contributed by atoms with Gasteiger partial charge in [0.1, 0.15) is 11.5 Å². The second-order valence-electron chi connectivity index (χ2n) is 4.64. The summed E-state index contributed by atoms with van der Waals surface area (Å²) in [4.78, 5) is 11.4. The topological polar surface area (TPSA) is 64.3 Å². The van der Waals surface area contributed by atoms with Crippen LogP contribution in [0.4, 0.5) is 0 Å². The summed E-state index contributed by atoms with van der Waals surface area (Å²) in [6.07, 6.45) is 0. The third kappa shape index (κ3) is 3.36. The molecule has 0 unspecified atom stereocenters. The maximum Gasteiger partial charge on any atom is 0.252 e. The van der Waals surface area contributed by atoms with Gasteiger partial charge in [-0.3, -0.25) is 4.79 Å². The maximum absolute atomic E-state index is 11.4. The van der Waals surface area contributed by atoms with Gasteiger partial charge in [-0.25, -0.2) is 0 Å². The standard InChI is InChI=1S/C16H18N2O2/c1-11-6-7-14(16(17)19)15(8-11)20-13-5-3-4-12(9-13)10-18-2/h3-9,18H,10H2,1-2H3,(H2,17,19). The average molecular weight is 270 g/mol. The molecule has 0 aliphatic heterocycles. The van der Waals surface area contributed by atoms with Crippen molar-refractivity contribution in [3.63, 3.8) is 0 Å². The number of ether oxygens (including phenoxy) is 1. The van der Waals surface area contributed by atoms with E-state index in [-0.39, 0.29) is 0 Å². The molecule has 2 rings (SSSR count). The van der Waals surface area contributed by atoms with E-state index in [0.29, 0.717) is 17.1 Å². The number of hydrogen-bond acceptors (Lipinski definition) is 3. The molecular formula is C16H18N2O2. The van der Waals surface area contributed by atoms with E-state index in [0.717, 1.165) is 17.7 Å². The monoisotopic (exact) mass is 270 g/mol. The van der Waals surface area contributed by atoms with E-state index in [4.69, 9.17) is 10.5 Å². The Bertz CT molecular complexity index is 624. The van der Waals surface area contributed by atoms with Gasteiger partial charge >= 0.3 is 0 Å². The summed E-state index contributed by atoms with van der Waals surface area (Å²) >= 11 is 0. The third-order valence-electron chi connectivity index (χ3n) is 2.91. The normalized spacial score (nSPS) is 10.3. The van der Waals surface area contributed by atoms with E-state index in [1.807, 2.05) is 50.4 Å². The largest absolute Gasteiger partial charge is 0.457 e. The van der Waals surface area contributed by atoms with Gasteiger partial charge in [0.25, 0.3) is 5.91 Å². The van der Waals surface area contributed by atoms with Crippen LogP contribution in [0, 0.1) is 6.92 Å². The molecule has 3 N–H and O–H groups in total. The lowest BCUT2D eigenvalue weighted by molar-refractivity contribution is 0.0998. The van der Waals surface area contributed by atoms with Crippen LogP contribution in [0.2, 0.25) is 0 Å². The molecule has 1 amide bonds. The molecule has 0 fully saturated rings. The number of hydrogen-bond donors (Lipinski definition) is 2. The van der Waals surface area contributed by atoms with E-state index < -0.39 is 5.91 Å². The summed E-state index contributed by atoms with van der Waals surface area (Å²) in [5, 5.41) is 3.08. The summed E-state index contributed by atoms with van der Waals surface area (Å²) in [6.45, 7) is 2.70. The number of nitrogens with one attached hydrogen (secondary N) is 1. The molecule has 0 aromatic heterocycles. The first-order valence-electron chi connectivity index (χ1n) is 6.42. The van der Waals surface area contributed by atoms with Crippen LogP contribution in [0.3, 0.4) is 0 Å². The van der Waals surface area contributed by atoms with Crippen molar-refractivity contribution in [3.8, 4) is 11.5 Å². The Morgan fingerprint density at radius 1 is 1.25 bits per heavy atom. The highest BCUT2D eigenvalue weighted by molar-refractivity contribution is 5.95. The fraction of sp³-hybridized carbons (Fsp3) is 0.188. The van der Waals surface area contributed by atoms with Crippen molar-refractivity contribution in [1.82, 2.24) is 5.32 Å². The lowest BCUT2D eigenvalue weighted by Gasteiger charge is -2.11. The van der Waals surface area contributed by atoms with Crippen molar-refractivity contribution in [2.75, 3.05) is 7.05 Å². The second kappa shape index (κ2) is 6.21. The fourth-order valence-corrected chi connectivity index (χ4v) is 1.97. The molecular weight excluding hydrogens is 252 g/mol. The fourth-order valence-electron chi connectivity index (χ4n) is 1.97. The number of carbonyl (C=O) groups is 1. The quantitative estimate of drug-likeness (QED) is 0.877. The van der Waals surface area contributed by atoms with Gasteiger partial charge in [-0.1, -0.05) is 18.2 Å². The molecule has 0 radical (unpaired) electrons. The van der Waals surface area contributed by atoms with E-state index >= 15 is 0 Å². The minimum Gasteiger partial charge on any atom is -0.457 e. The van der Waals surface area contributed by atoms with Crippen LogP contribution in [-0.2, 0) is 6.54 Å². The molecule has 0 spiro atoms. The molecule has 0 aliphatic rings. The van der Waals surface area contributed by atoms with E-state index in [1.165, 1.54) is 0 Å².